The van der Waals surface area contributed by atoms with Crippen LogP contribution in [-0.2, 0) is 0 Å². The Morgan fingerprint density at radius 2 is 2.04 bits per heavy atom. The van der Waals surface area contributed by atoms with Gasteiger partial charge in [0.2, 0.25) is 0 Å². The summed E-state index contributed by atoms with van der Waals surface area (Å²) in [7, 11) is 2.16. The third-order valence-electron chi connectivity index (χ3n) is 4.54. The van der Waals surface area contributed by atoms with Gasteiger partial charge < -0.3 is 10.2 Å². The van der Waals surface area contributed by atoms with Gasteiger partial charge in [0.15, 0.2) is 0 Å². The van der Waals surface area contributed by atoms with E-state index in [-0.39, 0.29) is 5.69 Å². The van der Waals surface area contributed by atoms with Gasteiger partial charge in [0.1, 0.15) is 12.0 Å². The lowest BCUT2D eigenvalue weighted by molar-refractivity contribution is -0.385. The Labute approximate surface area is 147 Å². The van der Waals surface area contributed by atoms with Crippen LogP contribution < -0.4 is 5.32 Å². The Morgan fingerprint density at radius 3 is 2.72 bits per heavy atom. The van der Waals surface area contributed by atoms with E-state index >= 15 is 0 Å². The topological polar surface area (TPSA) is 74.5 Å². The number of nitro groups is 1. The van der Waals surface area contributed by atoms with E-state index < -0.39 is 4.92 Å². The second-order valence-corrected chi connectivity index (χ2v) is 6.31. The Hall–Kier alpha value is -2.51. The summed E-state index contributed by atoms with van der Waals surface area (Å²) in [6, 6.07) is 14.1. The molecule has 0 radical (unpaired) electrons. The lowest BCUT2D eigenvalue weighted by Crippen LogP contribution is -2.48. The van der Waals surface area contributed by atoms with Gasteiger partial charge in [-0.15, -0.1) is 0 Å². The van der Waals surface area contributed by atoms with Crippen LogP contribution in [-0.4, -0.2) is 59.5 Å². The van der Waals surface area contributed by atoms with E-state index in [1.54, 1.807) is 6.07 Å². The van der Waals surface area contributed by atoms with Crippen LogP contribution in [0.1, 0.15) is 11.6 Å². The quantitative estimate of drug-likeness (QED) is 0.642. The zero-order chi connectivity index (χ0) is 17.6. The minimum Gasteiger partial charge on any atom is -0.369 e. The largest absolute Gasteiger partial charge is 0.369 e. The summed E-state index contributed by atoms with van der Waals surface area (Å²) in [5.41, 5.74) is 1.34. The van der Waals surface area contributed by atoms with Gasteiger partial charge in [0.25, 0.3) is 5.69 Å². The van der Waals surface area contributed by atoms with E-state index in [0.717, 1.165) is 32.7 Å². The maximum Gasteiger partial charge on any atom is 0.287 e. The number of pyridine rings is 1. The third kappa shape index (κ3) is 4.52. The van der Waals surface area contributed by atoms with Crippen molar-refractivity contribution in [2.24, 2.45) is 0 Å². The zero-order valence-corrected chi connectivity index (χ0v) is 14.3. The molecule has 0 unspecified atom stereocenters. The number of nitrogens with one attached hydrogen (secondary N) is 1. The SMILES string of the molecule is CN1CCN(CCNc2ccc([N+](=O)[O-])cn2)[C@H](c2ccccc2)C1. The van der Waals surface area contributed by atoms with Gasteiger partial charge >= 0.3 is 0 Å². The van der Waals surface area contributed by atoms with E-state index in [9.17, 15) is 10.1 Å². The third-order valence-corrected chi connectivity index (χ3v) is 4.54. The van der Waals surface area contributed by atoms with Crippen molar-refractivity contribution in [1.29, 1.82) is 0 Å². The molecule has 0 aliphatic carbocycles. The van der Waals surface area contributed by atoms with Crippen molar-refractivity contribution in [3.8, 4) is 0 Å². The smallest absolute Gasteiger partial charge is 0.287 e. The fourth-order valence-electron chi connectivity index (χ4n) is 3.14. The van der Waals surface area contributed by atoms with Gasteiger partial charge in [-0.2, -0.15) is 0 Å². The molecule has 0 saturated carbocycles. The van der Waals surface area contributed by atoms with Crippen molar-refractivity contribution in [3.63, 3.8) is 0 Å². The number of rotatable bonds is 6. The molecule has 1 atom stereocenters. The molecule has 1 fully saturated rings. The molecule has 1 N–H and O–H groups in total. The van der Waals surface area contributed by atoms with E-state index in [1.165, 1.54) is 17.8 Å². The molecule has 0 bridgehead atoms. The second kappa shape index (κ2) is 8.04. The Balaban J connectivity index is 1.58. The number of hydrogen-bond acceptors (Lipinski definition) is 6. The van der Waals surface area contributed by atoms with Gasteiger partial charge in [-0.1, -0.05) is 30.3 Å². The van der Waals surface area contributed by atoms with Crippen LogP contribution >= 0.6 is 0 Å². The summed E-state index contributed by atoms with van der Waals surface area (Å²) in [6.07, 6.45) is 1.28. The molecule has 25 heavy (non-hydrogen) atoms. The Bertz CT molecular complexity index is 692. The first-order valence-electron chi connectivity index (χ1n) is 8.45. The van der Waals surface area contributed by atoms with Crippen LogP contribution in [0.3, 0.4) is 0 Å². The van der Waals surface area contributed by atoms with Crippen molar-refractivity contribution in [1.82, 2.24) is 14.8 Å². The summed E-state index contributed by atoms with van der Waals surface area (Å²) in [4.78, 5) is 19.2. The van der Waals surface area contributed by atoms with Crippen molar-refractivity contribution < 1.29 is 4.92 Å². The Kier molecular flexibility index (Phi) is 5.57. The first-order chi connectivity index (χ1) is 12.1. The van der Waals surface area contributed by atoms with Gasteiger partial charge in [0, 0.05) is 44.8 Å². The molecule has 2 heterocycles. The van der Waals surface area contributed by atoms with Crippen LogP contribution in [0.15, 0.2) is 48.7 Å². The molecule has 1 aromatic carbocycles. The lowest BCUT2D eigenvalue weighted by Gasteiger charge is -2.40. The molecule has 1 saturated heterocycles. The highest BCUT2D eigenvalue weighted by Crippen LogP contribution is 2.24. The molecule has 7 nitrogen and oxygen atoms in total. The number of aromatic nitrogens is 1. The Morgan fingerprint density at radius 1 is 1.24 bits per heavy atom. The maximum absolute atomic E-state index is 10.7. The molecule has 0 amide bonds. The summed E-state index contributed by atoms with van der Waals surface area (Å²) in [5.74, 6) is 0.663. The number of anilines is 1. The molecule has 2 aromatic rings. The van der Waals surface area contributed by atoms with Crippen LogP contribution in [0.25, 0.3) is 0 Å². The van der Waals surface area contributed by atoms with Crippen molar-refractivity contribution >= 4 is 11.5 Å². The number of hydrogen-bond donors (Lipinski definition) is 1. The molecule has 132 valence electrons. The zero-order valence-electron chi connectivity index (χ0n) is 14.3. The molecule has 0 spiro atoms. The van der Waals surface area contributed by atoms with Crippen molar-refractivity contribution in [3.05, 3.63) is 64.3 Å². The normalized spacial score (nSPS) is 18.8. The fourth-order valence-corrected chi connectivity index (χ4v) is 3.14. The average molecular weight is 341 g/mol. The van der Waals surface area contributed by atoms with Crippen molar-refractivity contribution in [2.45, 2.75) is 6.04 Å². The van der Waals surface area contributed by atoms with Crippen LogP contribution in [0, 0.1) is 10.1 Å². The first-order valence-corrected chi connectivity index (χ1v) is 8.45. The molecule has 1 aliphatic rings. The van der Waals surface area contributed by atoms with E-state index in [1.807, 2.05) is 6.07 Å². The van der Waals surface area contributed by atoms with Crippen LogP contribution in [0.4, 0.5) is 11.5 Å². The van der Waals surface area contributed by atoms with Gasteiger partial charge in [-0.3, -0.25) is 15.0 Å². The first kappa shape index (κ1) is 17.3. The average Bonchev–Trinajstić information content (AvgIpc) is 2.64. The number of piperazine rings is 1. The van der Waals surface area contributed by atoms with Crippen LogP contribution in [0.2, 0.25) is 0 Å². The summed E-state index contributed by atoms with van der Waals surface area (Å²) in [5, 5.41) is 13.9. The summed E-state index contributed by atoms with van der Waals surface area (Å²) >= 11 is 0. The highest BCUT2D eigenvalue weighted by Gasteiger charge is 2.25. The van der Waals surface area contributed by atoms with E-state index in [2.05, 4.69) is 51.4 Å². The second-order valence-electron chi connectivity index (χ2n) is 6.31. The fraction of sp³-hybridized carbons (Fsp3) is 0.389. The predicted molar refractivity (Wildman–Crippen MR) is 97.6 cm³/mol. The minimum absolute atomic E-state index is 0.00811. The summed E-state index contributed by atoms with van der Waals surface area (Å²) in [6.45, 7) is 4.73. The summed E-state index contributed by atoms with van der Waals surface area (Å²) < 4.78 is 0. The van der Waals surface area contributed by atoms with Gasteiger partial charge in [-0.25, -0.2) is 4.98 Å². The van der Waals surface area contributed by atoms with Crippen LogP contribution in [0.5, 0.6) is 0 Å². The molecular weight excluding hydrogens is 318 g/mol. The van der Waals surface area contributed by atoms with Gasteiger partial charge in [-0.05, 0) is 18.7 Å². The molecule has 7 heteroatoms. The standard InChI is InChI=1S/C18H23N5O2/c1-21-11-12-22(17(14-21)15-5-3-2-4-6-15)10-9-19-18-8-7-16(13-20-18)23(24)25/h2-8,13,17H,9-12,14H2,1H3,(H,19,20)/t17-/m0/s1. The van der Waals surface area contributed by atoms with E-state index in [0.29, 0.717) is 11.9 Å². The van der Waals surface area contributed by atoms with Gasteiger partial charge in [0.05, 0.1) is 4.92 Å². The molecule has 1 aliphatic heterocycles. The minimum atomic E-state index is -0.439. The highest BCUT2D eigenvalue weighted by atomic mass is 16.6. The molecule has 3 rings (SSSR count). The maximum atomic E-state index is 10.7. The monoisotopic (exact) mass is 341 g/mol. The lowest BCUT2D eigenvalue weighted by atomic mass is 10.0. The van der Waals surface area contributed by atoms with Crippen molar-refractivity contribution in [2.75, 3.05) is 45.1 Å². The molecular formula is C18H23N5O2. The highest BCUT2D eigenvalue weighted by molar-refractivity contribution is 5.40. The number of nitrogens with zero attached hydrogens (tertiary/aromatic N) is 4. The van der Waals surface area contributed by atoms with E-state index in [4.69, 9.17) is 0 Å². The number of likely N-dealkylation sites (N-methyl/N-ethyl adjacent to an activating group) is 1. The molecule has 1 aromatic heterocycles. The predicted octanol–water partition coefficient (Wildman–Crippen LogP) is 2.39. The number of benzene rings is 1.